The molecule has 0 radical (unpaired) electrons. The number of nitrogens with one attached hydrogen (secondary N) is 1. The van der Waals surface area contributed by atoms with Gasteiger partial charge >= 0.3 is 5.69 Å². The van der Waals surface area contributed by atoms with Gasteiger partial charge in [0.1, 0.15) is 12.2 Å². The molecule has 0 amide bonds. The van der Waals surface area contributed by atoms with Crippen LogP contribution in [0.1, 0.15) is 49.4 Å². The van der Waals surface area contributed by atoms with Crippen LogP contribution < -0.4 is 11.2 Å². The molecule has 3 heterocycles. The molecule has 6 aromatic rings. The van der Waals surface area contributed by atoms with E-state index in [1.165, 1.54) is 11.0 Å². The van der Waals surface area contributed by atoms with Gasteiger partial charge in [0.05, 0.1) is 11.4 Å². The Morgan fingerprint density at radius 1 is 0.854 bits per heavy atom. The fourth-order valence-electron chi connectivity index (χ4n) is 5.94. The second-order valence-corrected chi connectivity index (χ2v) is 10.5. The average molecular weight is 545 g/mol. The van der Waals surface area contributed by atoms with Crippen LogP contribution in [0.4, 0.5) is 0 Å². The van der Waals surface area contributed by atoms with Gasteiger partial charge in [-0.25, -0.2) is 14.3 Å². The van der Waals surface area contributed by atoms with Crippen LogP contribution >= 0.6 is 0 Å². The summed E-state index contributed by atoms with van der Waals surface area (Å²) in [5.74, 6) is 1.11. The van der Waals surface area contributed by atoms with Crippen LogP contribution in [0.3, 0.4) is 0 Å². The van der Waals surface area contributed by atoms with Gasteiger partial charge in [-0.2, -0.15) is 4.68 Å². The zero-order chi connectivity index (χ0) is 27.8. The summed E-state index contributed by atoms with van der Waals surface area (Å²) in [4.78, 5) is 34.7. The monoisotopic (exact) mass is 544 g/mol. The zero-order valence-corrected chi connectivity index (χ0v) is 22.3. The maximum atomic E-state index is 13.9. The van der Waals surface area contributed by atoms with Crippen molar-refractivity contribution in [1.82, 2.24) is 39.3 Å². The lowest BCUT2D eigenvalue weighted by Gasteiger charge is -2.22. The average Bonchev–Trinajstić information content (AvgIpc) is 3.68. The highest BCUT2D eigenvalue weighted by atomic mass is 16.2. The molecule has 0 bridgehead atoms. The molecule has 1 saturated carbocycles. The van der Waals surface area contributed by atoms with E-state index in [2.05, 4.69) is 44.8 Å². The molecular formula is C31H28N8O2. The molecule has 3 aromatic carbocycles. The highest BCUT2D eigenvalue weighted by Gasteiger charge is 2.25. The molecule has 0 unspecified atom stereocenters. The van der Waals surface area contributed by atoms with E-state index >= 15 is 0 Å². The number of nitrogens with zero attached hydrogens (tertiary/aromatic N) is 7. The van der Waals surface area contributed by atoms with E-state index in [4.69, 9.17) is 4.98 Å². The molecule has 0 saturated heterocycles. The van der Waals surface area contributed by atoms with Crippen molar-refractivity contribution in [2.75, 3.05) is 0 Å². The largest absolute Gasteiger partial charge is 0.334 e. The van der Waals surface area contributed by atoms with E-state index in [0.717, 1.165) is 53.9 Å². The predicted molar refractivity (Wildman–Crippen MR) is 155 cm³/mol. The Balaban J connectivity index is 1.32. The Kier molecular flexibility index (Phi) is 6.35. The van der Waals surface area contributed by atoms with E-state index in [1.807, 2.05) is 47.0 Å². The topological polar surface area (TPSA) is 116 Å². The molecule has 10 heteroatoms. The van der Waals surface area contributed by atoms with Crippen molar-refractivity contribution >= 4 is 11.2 Å². The minimum Gasteiger partial charge on any atom is -0.317 e. The fraction of sp³-hybridized carbons (Fsp3) is 0.226. The van der Waals surface area contributed by atoms with Gasteiger partial charge in [-0.15, -0.1) is 5.10 Å². The van der Waals surface area contributed by atoms with E-state index < -0.39 is 5.69 Å². The number of benzene rings is 3. The Labute approximate surface area is 234 Å². The Hall–Kier alpha value is -5.12. The number of hydrogen-bond acceptors (Lipinski definition) is 6. The van der Waals surface area contributed by atoms with Gasteiger partial charge < -0.3 is 4.57 Å². The molecule has 0 aliphatic heterocycles. The van der Waals surface area contributed by atoms with Crippen LogP contribution in [-0.2, 0) is 6.54 Å². The highest BCUT2D eigenvalue weighted by molar-refractivity contribution is 5.73. The molecule has 204 valence electrons. The van der Waals surface area contributed by atoms with Crippen LogP contribution in [-0.4, -0.2) is 39.3 Å². The Bertz CT molecular complexity index is 1930. The fourth-order valence-corrected chi connectivity index (χ4v) is 5.94. The lowest BCUT2D eigenvalue weighted by molar-refractivity contribution is 0.420. The lowest BCUT2D eigenvalue weighted by atomic mass is 9.88. The Morgan fingerprint density at radius 2 is 1.61 bits per heavy atom. The van der Waals surface area contributed by atoms with Crippen LogP contribution in [0.15, 0.2) is 94.8 Å². The van der Waals surface area contributed by atoms with Crippen molar-refractivity contribution in [2.24, 2.45) is 0 Å². The van der Waals surface area contributed by atoms with Crippen molar-refractivity contribution in [2.45, 2.75) is 44.6 Å². The van der Waals surface area contributed by atoms with Crippen molar-refractivity contribution in [3.63, 3.8) is 0 Å². The van der Waals surface area contributed by atoms with Gasteiger partial charge in [-0.3, -0.25) is 9.78 Å². The minimum absolute atomic E-state index is 0.242. The van der Waals surface area contributed by atoms with Crippen LogP contribution in [0, 0.1) is 0 Å². The SMILES string of the molecule is O=c1[nH]c2nc(C3CCCCC3)n(Cc3ccc(-c4ccccc4-n4cnnn4)cc3)c2c(=O)n1-c1ccccc1. The summed E-state index contributed by atoms with van der Waals surface area (Å²) >= 11 is 0. The summed E-state index contributed by atoms with van der Waals surface area (Å²) in [6, 6.07) is 25.3. The third kappa shape index (κ3) is 4.57. The molecule has 0 atom stereocenters. The first-order valence-electron chi connectivity index (χ1n) is 13.9. The van der Waals surface area contributed by atoms with Gasteiger partial charge in [0.25, 0.3) is 5.56 Å². The minimum atomic E-state index is -0.487. The third-order valence-electron chi connectivity index (χ3n) is 7.92. The number of aromatic nitrogens is 8. The smallest absolute Gasteiger partial charge is 0.317 e. The van der Waals surface area contributed by atoms with Gasteiger partial charge in [0, 0.05) is 18.0 Å². The van der Waals surface area contributed by atoms with Gasteiger partial charge in [-0.05, 0) is 52.6 Å². The van der Waals surface area contributed by atoms with E-state index in [-0.39, 0.29) is 11.5 Å². The summed E-state index contributed by atoms with van der Waals surface area (Å²) in [6.07, 6.45) is 7.10. The molecule has 0 spiro atoms. The first-order valence-corrected chi connectivity index (χ1v) is 13.9. The van der Waals surface area contributed by atoms with Gasteiger partial charge in [-0.1, -0.05) is 79.9 Å². The van der Waals surface area contributed by atoms with Crippen molar-refractivity contribution in [3.8, 4) is 22.5 Å². The maximum absolute atomic E-state index is 13.9. The molecule has 3 aromatic heterocycles. The highest BCUT2D eigenvalue weighted by Crippen LogP contribution is 2.34. The molecule has 1 N–H and O–H groups in total. The van der Waals surface area contributed by atoms with Crippen molar-refractivity contribution < 1.29 is 0 Å². The lowest BCUT2D eigenvalue weighted by Crippen LogP contribution is -2.34. The molecule has 41 heavy (non-hydrogen) atoms. The summed E-state index contributed by atoms with van der Waals surface area (Å²) < 4.78 is 4.87. The number of rotatable bonds is 6. The van der Waals surface area contributed by atoms with Crippen LogP contribution in [0.2, 0.25) is 0 Å². The number of H-pyrrole nitrogens is 1. The number of aromatic amines is 1. The standard InChI is InChI=1S/C31H28N8O2/c40-30-27-28(34-31(41)39(30)24-11-5-2-6-12-24)33-29(23-9-3-1-4-10-23)37(27)19-21-15-17-22(18-16-21)25-13-7-8-14-26(25)38-20-32-35-36-38/h2,5-8,11-18,20,23H,1,3-4,9-10,19H2,(H,34,41). The third-order valence-corrected chi connectivity index (χ3v) is 7.92. The first kappa shape index (κ1) is 24.9. The van der Waals surface area contributed by atoms with Crippen LogP contribution in [0.25, 0.3) is 33.7 Å². The van der Waals surface area contributed by atoms with Crippen LogP contribution in [0.5, 0.6) is 0 Å². The number of hydrogen-bond donors (Lipinski definition) is 1. The molecule has 7 rings (SSSR count). The predicted octanol–water partition coefficient (Wildman–Crippen LogP) is 4.61. The molecule has 1 aliphatic carbocycles. The summed E-state index contributed by atoms with van der Waals surface area (Å²) in [5.41, 5.74) is 4.39. The summed E-state index contributed by atoms with van der Waals surface area (Å²) in [7, 11) is 0. The maximum Gasteiger partial charge on any atom is 0.334 e. The number of imidazole rings is 1. The molecule has 1 aliphatic rings. The molecule has 1 fully saturated rings. The molecule has 10 nitrogen and oxygen atoms in total. The van der Waals surface area contributed by atoms with E-state index in [0.29, 0.717) is 23.4 Å². The van der Waals surface area contributed by atoms with Gasteiger partial charge in [0.2, 0.25) is 0 Å². The number of fused-ring (bicyclic) bond motifs is 1. The summed E-state index contributed by atoms with van der Waals surface area (Å²) in [5, 5.41) is 11.6. The second-order valence-electron chi connectivity index (χ2n) is 10.5. The van der Waals surface area contributed by atoms with E-state index in [9.17, 15) is 9.59 Å². The molecular weight excluding hydrogens is 516 g/mol. The number of para-hydroxylation sites is 2. The number of tetrazole rings is 1. The second kappa shape index (κ2) is 10.5. The first-order chi connectivity index (χ1) is 20.2. The quantitative estimate of drug-likeness (QED) is 0.327. The van der Waals surface area contributed by atoms with Gasteiger partial charge in [0.15, 0.2) is 11.2 Å². The van der Waals surface area contributed by atoms with Crippen molar-refractivity contribution in [3.05, 3.63) is 117 Å². The van der Waals surface area contributed by atoms with Crippen molar-refractivity contribution in [1.29, 1.82) is 0 Å². The summed E-state index contributed by atoms with van der Waals surface area (Å²) in [6.45, 7) is 0.466. The Morgan fingerprint density at radius 3 is 2.37 bits per heavy atom. The van der Waals surface area contributed by atoms with E-state index in [1.54, 1.807) is 23.1 Å². The normalized spacial score (nSPS) is 14.0. The zero-order valence-electron chi connectivity index (χ0n) is 22.3.